The van der Waals surface area contributed by atoms with Crippen molar-refractivity contribution in [2.24, 2.45) is 0 Å². The lowest BCUT2D eigenvalue weighted by molar-refractivity contribution is -0.133. The smallest absolute Gasteiger partial charge is 0.323 e. The van der Waals surface area contributed by atoms with Crippen molar-refractivity contribution in [3.8, 4) is 5.69 Å². The number of rotatable bonds is 4. The lowest BCUT2D eigenvalue weighted by Gasteiger charge is -2.19. The van der Waals surface area contributed by atoms with E-state index < -0.39 is 17.5 Å². The van der Waals surface area contributed by atoms with Gasteiger partial charge in [0.25, 0.3) is 5.91 Å². The molecule has 0 bridgehead atoms. The van der Waals surface area contributed by atoms with Gasteiger partial charge in [-0.25, -0.2) is 14.5 Å². The number of urea groups is 1. The summed E-state index contributed by atoms with van der Waals surface area (Å²) in [5.74, 6) is 0.469. The summed E-state index contributed by atoms with van der Waals surface area (Å²) in [6, 6.07) is 4.37. The number of nitrogens with one attached hydrogen (secondary N) is 2. The molecule has 0 aliphatic carbocycles. The van der Waals surface area contributed by atoms with Gasteiger partial charge in [-0.2, -0.15) is 16.9 Å². The summed E-state index contributed by atoms with van der Waals surface area (Å²) in [6.07, 6.45) is 3.43. The Kier molecular flexibility index (Phi) is 4.52. The number of anilines is 1. The Labute approximate surface area is 163 Å². The number of thioether (sulfide) groups is 1. The van der Waals surface area contributed by atoms with E-state index in [-0.39, 0.29) is 12.5 Å². The van der Waals surface area contributed by atoms with Crippen molar-refractivity contribution in [3.05, 3.63) is 35.9 Å². The molecule has 1 atom stereocenters. The highest BCUT2D eigenvalue weighted by Crippen LogP contribution is 2.33. The zero-order chi connectivity index (χ0) is 19.0. The number of imide groups is 1. The van der Waals surface area contributed by atoms with Crippen LogP contribution in [0, 0.1) is 0 Å². The summed E-state index contributed by atoms with van der Waals surface area (Å²) in [6.45, 7) is -0.375. The first-order valence-corrected chi connectivity index (χ1v) is 9.68. The minimum Gasteiger partial charge on any atom is -0.323 e. The normalized spacial score (nSPS) is 21.7. The number of carbonyl (C=O) groups excluding carboxylic acids is 3. The first kappa shape index (κ1) is 17.8. The fourth-order valence-corrected chi connectivity index (χ4v) is 4.62. The molecule has 1 aromatic carbocycles. The fraction of sp³-hybridized carbons (Fsp3) is 0.312. The Morgan fingerprint density at radius 3 is 2.96 bits per heavy atom. The maximum Gasteiger partial charge on any atom is 0.325 e. The van der Waals surface area contributed by atoms with Gasteiger partial charge in [0, 0.05) is 10.8 Å². The molecule has 2 saturated heterocycles. The number of benzene rings is 1. The predicted molar refractivity (Wildman–Crippen MR) is 99.9 cm³/mol. The van der Waals surface area contributed by atoms with Gasteiger partial charge in [-0.05, 0) is 30.4 Å². The molecule has 27 heavy (non-hydrogen) atoms. The number of aromatic nitrogens is 3. The zero-order valence-corrected chi connectivity index (χ0v) is 15.6. The maximum atomic E-state index is 12.6. The Hall–Kier alpha value is -2.59. The zero-order valence-electron chi connectivity index (χ0n) is 14.0. The third kappa shape index (κ3) is 3.26. The first-order chi connectivity index (χ1) is 13.0. The van der Waals surface area contributed by atoms with E-state index in [4.69, 9.17) is 11.6 Å². The lowest BCUT2D eigenvalue weighted by atomic mass is 9.99. The molecule has 9 nitrogen and oxygen atoms in total. The molecular formula is C16H15ClN6O3S. The van der Waals surface area contributed by atoms with Crippen LogP contribution in [0.25, 0.3) is 5.69 Å². The van der Waals surface area contributed by atoms with E-state index in [9.17, 15) is 14.4 Å². The fourth-order valence-electron chi connectivity index (χ4n) is 3.13. The molecule has 2 N–H and O–H groups in total. The number of amides is 4. The molecule has 4 amide bonds. The molecule has 3 heterocycles. The van der Waals surface area contributed by atoms with E-state index in [0.717, 1.165) is 10.7 Å². The van der Waals surface area contributed by atoms with Gasteiger partial charge in [0.1, 0.15) is 24.7 Å². The SMILES string of the molecule is O=C(CN1C(=O)NC2(CCSC2)C1=O)Nc1cc(Cl)ccc1-n1cncn1. The third-order valence-corrected chi connectivity index (χ3v) is 5.89. The molecule has 0 radical (unpaired) electrons. The standard InChI is InChI=1S/C16H15ClN6O3S/c17-10-1-2-12(23-9-18-8-19-23)11(5-10)20-13(24)6-22-14(25)16(21-15(22)26)3-4-27-7-16/h1-2,5,8-9H,3-4,6-7H2,(H,20,24)(H,21,26). The van der Waals surface area contributed by atoms with Crippen molar-refractivity contribution in [2.75, 3.05) is 23.4 Å². The van der Waals surface area contributed by atoms with Gasteiger partial charge < -0.3 is 10.6 Å². The maximum absolute atomic E-state index is 12.6. The van der Waals surface area contributed by atoms with Crippen molar-refractivity contribution in [1.29, 1.82) is 0 Å². The first-order valence-electron chi connectivity index (χ1n) is 8.15. The Balaban J connectivity index is 1.51. The van der Waals surface area contributed by atoms with Gasteiger partial charge in [0.15, 0.2) is 0 Å². The minimum absolute atomic E-state index is 0.352. The minimum atomic E-state index is -0.871. The van der Waals surface area contributed by atoms with Crippen LogP contribution in [-0.4, -0.2) is 61.1 Å². The van der Waals surface area contributed by atoms with E-state index in [1.54, 1.807) is 30.0 Å². The van der Waals surface area contributed by atoms with Gasteiger partial charge >= 0.3 is 6.03 Å². The quantitative estimate of drug-likeness (QED) is 0.740. The number of hydrogen-bond acceptors (Lipinski definition) is 6. The summed E-state index contributed by atoms with van der Waals surface area (Å²) in [5.41, 5.74) is 0.0894. The average molecular weight is 407 g/mol. The second-order valence-electron chi connectivity index (χ2n) is 6.26. The van der Waals surface area contributed by atoms with Crippen molar-refractivity contribution >= 4 is 46.9 Å². The molecule has 2 aliphatic heterocycles. The monoisotopic (exact) mass is 406 g/mol. The number of nitrogens with zero attached hydrogens (tertiary/aromatic N) is 4. The summed E-state index contributed by atoms with van der Waals surface area (Å²) in [5, 5.41) is 9.89. The van der Waals surface area contributed by atoms with Crippen LogP contribution in [0.5, 0.6) is 0 Å². The number of halogens is 1. The van der Waals surface area contributed by atoms with Crippen LogP contribution >= 0.6 is 23.4 Å². The molecular weight excluding hydrogens is 392 g/mol. The molecule has 2 fully saturated rings. The molecule has 2 aromatic rings. The predicted octanol–water partition coefficient (Wildman–Crippen LogP) is 1.29. The molecule has 1 spiro atoms. The van der Waals surface area contributed by atoms with Crippen molar-refractivity contribution < 1.29 is 14.4 Å². The van der Waals surface area contributed by atoms with E-state index in [2.05, 4.69) is 20.7 Å². The van der Waals surface area contributed by atoms with Crippen molar-refractivity contribution in [2.45, 2.75) is 12.0 Å². The number of hydrogen-bond donors (Lipinski definition) is 2. The van der Waals surface area contributed by atoms with Crippen LogP contribution in [0.1, 0.15) is 6.42 Å². The largest absolute Gasteiger partial charge is 0.325 e. The molecule has 4 rings (SSSR count). The summed E-state index contributed by atoms with van der Waals surface area (Å²) in [7, 11) is 0. The van der Waals surface area contributed by atoms with Crippen LogP contribution in [-0.2, 0) is 9.59 Å². The molecule has 2 aliphatic rings. The second-order valence-corrected chi connectivity index (χ2v) is 7.80. The summed E-state index contributed by atoms with van der Waals surface area (Å²) < 4.78 is 1.48. The highest BCUT2D eigenvalue weighted by atomic mass is 35.5. The van der Waals surface area contributed by atoms with Gasteiger partial charge in [-0.1, -0.05) is 11.6 Å². The van der Waals surface area contributed by atoms with Gasteiger partial charge in [-0.15, -0.1) is 0 Å². The van der Waals surface area contributed by atoms with Crippen molar-refractivity contribution in [1.82, 2.24) is 25.0 Å². The Morgan fingerprint density at radius 1 is 1.41 bits per heavy atom. The average Bonchev–Trinajstić information content (AvgIpc) is 3.35. The van der Waals surface area contributed by atoms with E-state index >= 15 is 0 Å². The Bertz CT molecular complexity index is 913. The third-order valence-electron chi connectivity index (χ3n) is 4.47. The van der Waals surface area contributed by atoms with Gasteiger partial charge in [0.05, 0.1) is 11.4 Å². The second kappa shape index (κ2) is 6.86. The molecule has 0 saturated carbocycles. The van der Waals surface area contributed by atoms with Crippen LogP contribution < -0.4 is 10.6 Å². The lowest BCUT2D eigenvalue weighted by Crippen LogP contribution is -2.47. The number of carbonyl (C=O) groups is 3. The van der Waals surface area contributed by atoms with Crippen LogP contribution in [0.3, 0.4) is 0 Å². The van der Waals surface area contributed by atoms with E-state index in [1.165, 1.54) is 17.3 Å². The van der Waals surface area contributed by atoms with Crippen molar-refractivity contribution in [3.63, 3.8) is 0 Å². The topological polar surface area (TPSA) is 109 Å². The van der Waals surface area contributed by atoms with E-state index in [0.29, 0.717) is 28.6 Å². The Morgan fingerprint density at radius 2 is 2.26 bits per heavy atom. The van der Waals surface area contributed by atoms with Crippen LogP contribution in [0.4, 0.5) is 10.5 Å². The molecule has 1 unspecified atom stereocenters. The van der Waals surface area contributed by atoms with Gasteiger partial charge in [0.2, 0.25) is 5.91 Å². The van der Waals surface area contributed by atoms with Gasteiger partial charge in [-0.3, -0.25) is 14.5 Å². The highest BCUT2D eigenvalue weighted by molar-refractivity contribution is 7.99. The molecule has 140 valence electrons. The van der Waals surface area contributed by atoms with E-state index in [1.807, 2.05) is 0 Å². The molecule has 1 aromatic heterocycles. The molecule has 11 heteroatoms. The van der Waals surface area contributed by atoms with Crippen LogP contribution in [0.15, 0.2) is 30.9 Å². The van der Waals surface area contributed by atoms with Crippen LogP contribution in [0.2, 0.25) is 5.02 Å². The summed E-state index contributed by atoms with van der Waals surface area (Å²) >= 11 is 7.64. The highest BCUT2D eigenvalue weighted by Gasteiger charge is 2.53. The summed E-state index contributed by atoms with van der Waals surface area (Å²) in [4.78, 5) is 42.2.